The summed E-state index contributed by atoms with van der Waals surface area (Å²) < 4.78 is 0. The maximum atomic E-state index is 9.31. The quantitative estimate of drug-likeness (QED) is 0.638. The van der Waals surface area contributed by atoms with Crippen molar-refractivity contribution in [2.24, 2.45) is 0 Å². The van der Waals surface area contributed by atoms with Gasteiger partial charge in [0.05, 0.1) is 6.61 Å². The van der Waals surface area contributed by atoms with Crippen molar-refractivity contribution in [1.82, 2.24) is 10.2 Å². The first-order chi connectivity index (χ1) is 7.21. The maximum absolute atomic E-state index is 9.31. The van der Waals surface area contributed by atoms with Crippen LogP contribution < -0.4 is 5.32 Å². The largest absolute Gasteiger partial charge is 0.395 e. The summed E-state index contributed by atoms with van der Waals surface area (Å²) in [5, 5.41) is 12.8. The molecule has 0 amide bonds. The zero-order valence-corrected chi connectivity index (χ0v) is 10.4. The molecule has 0 aliphatic heterocycles. The molecule has 1 fully saturated rings. The summed E-state index contributed by atoms with van der Waals surface area (Å²) in [6.07, 6.45) is 3.74. The summed E-state index contributed by atoms with van der Waals surface area (Å²) in [5.74, 6) is 0. The minimum absolute atomic E-state index is 0.253. The molecule has 1 aliphatic rings. The highest BCUT2D eigenvalue weighted by molar-refractivity contribution is 4.86. The smallest absolute Gasteiger partial charge is 0.0597 e. The van der Waals surface area contributed by atoms with Gasteiger partial charge < -0.3 is 10.4 Å². The van der Waals surface area contributed by atoms with E-state index < -0.39 is 0 Å². The fraction of sp³-hybridized carbons (Fsp3) is 1.00. The molecular formula is C12H26N2O. The molecule has 0 bridgehead atoms. The SMILES string of the molecule is CCC(C)N(CC)CC(CO)NC1CC1. The van der Waals surface area contributed by atoms with Gasteiger partial charge in [-0.25, -0.2) is 0 Å². The summed E-state index contributed by atoms with van der Waals surface area (Å²) in [5.41, 5.74) is 0. The molecule has 0 aromatic carbocycles. The molecule has 0 heterocycles. The van der Waals surface area contributed by atoms with Gasteiger partial charge in [0.15, 0.2) is 0 Å². The van der Waals surface area contributed by atoms with Gasteiger partial charge in [-0.3, -0.25) is 4.90 Å². The fourth-order valence-corrected chi connectivity index (χ4v) is 1.91. The topological polar surface area (TPSA) is 35.5 Å². The third-order valence-electron chi connectivity index (χ3n) is 3.34. The third kappa shape index (κ3) is 4.49. The molecule has 90 valence electrons. The van der Waals surface area contributed by atoms with Crippen LogP contribution in [-0.2, 0) is 0 Å². The van der Waals surface area contributed by atoms with Crippen molar-refractivity contribution < 1.29 is 5.11 Å². The second-order valence-corrected chi connectivity index (χ2v) is 4.67. The van der Waals surface area contributed by atoms with Crippen LogP contribution in [0.1, 0.15) is 40.0 Å². The van der Waals surface area contributed by atoms with Crippen molar-refractivity contribution >= 4 is 0 Å². The first-order valence-electron chi connectivity index (χ1n) is 6.32. The number of likely N-dealkylation sites (N-methyl/N-ethyl adjacent to an activating group) is 1. The Kier molecular flexibility index (Phi) is 5.58. The van der Waals surface area contributed by atoms with Crippen LogP contribution in [0, 0.1) is 0 Å². The van der Waals surface area contributed by atoms with Crippen LogP contribution in [-0.4, -0.2) is 47.8 Å². The van der Waals surface area contributed by atoms with E-state index in [0.29, 0.717) is 12.1 Å². The Labute approximate surface area is 93.9 Å². The van der Waals surface area contributed by atoms with Crippen molar-refractivity contribution in [2.45, 2.75) is 58.2 Å². The Morgan fingerprint density at radius 2 is 2.07 bits per heavy atom. The van der Waals surface area contributed by atoms with Crippen LogP contribution in [0.5, 0.6) is 0 Å². The molecule has 15 heavy (non-hydrogen) atoms. The van der Waals surface area contributed by atoms with Crippen molar-refractivity contribution in [3.8, 4) is 0 Å². The summed E-state index contributed by atoms with van der Waals surface area (Å²) in [6, 6.07) is 1.55. The fourth-order valence-electron chi connectivity index (χ4n) is 1.91. The molecular weight excluding hydrogens is 188 g/mol. The van der Waals surface area contributed by atoms with Crippen LogP contribution in [0.2, 0.25) is 0 Å². The molecule has 1 saturated carbocycles. The minimum Gasteiger partial charge on any atom is -0.395 e. The van der Waals surface area contributed by atoms with Crippen molar-refractivity contribution in [2.75, 3.05) is 19.7 Å². The minimum atomic E-state index is 0.253. The maximum Gasteiger partial charge on any atom is 0.0597 e. The molecule has 0 aromatic rings. The summed E-state index contributed by atoms with van der Waals surface area (Å²) in [4.78, 5) is 2.44. The zero-order chi connectivity index (χ0) is 11.3. The molecule has 1 aliphatic carbocycles. The molecule has 0 radical (unpaired) electrons. The molecule has 3 nitrogen and oxygen atoms in total. The lowest BCUT2D eigenvalue weighted by Crippen LogP contribution is -2.47. The second-order valence-electron chi connectivity index (χ2n) is 4.67. The highest BCUT2D eigenvalue weighted by atomic mass is 16.3. The van der Waals surface area contributed by atoms with E-state index in [1.54, 1.807) is 0 Å². The van der Waals surface area contributed by atoms with Gasteiger partial charge in [-0.05, 0) is 32.7 Å². The predicted molar refractivity (Wildman–Crippen MR) is 64.0 cm³/mol. The first kappa shape index (κ1) is 12.9. The Bertz CT molecular complexity index is 171. The Morgan fingerprint density at radius 1 is 1.40 bits per heavy atom. The molecule has 1 rings (SSSR count). The Morgan fingerprint density at radius 3 is 2.47 bits per heavy atom. The second kappa shape index (κ2) is 6.46. The summed E-state index contributed by atoms with van der Waals surface area (Å²) in [6.45, 7) is 8.96. The highest BCUT2D eigenvalue weighted by Gasteiger charge is 2.25. The standard InChI is InChI=1S/C12H26N2O/c1-4-10(3)14(5-2)8-12(9-15)13-11-6-7-11/h10-13,15H,4-9H2,1-3H3. The van der Waals surface area contributed by atoms with E-state index >= 15 is 0 Å². The van der Waals surface area contributed by atoms with Crippen molar-refractivity contribution in [3.63, 3.8) is 0 Å². The number of aliphatic hydroxyl groups is 1. The number of aliphatic hydroxyl groups excluding tert-OH is 1. The van der Waals surface area contributed by atoms with Crippen molar-refractivity contribution in [1.29, 1.82) is 0 Å². The van der Waals surface area contributed by atoms with Crippen molar-refractivity contribution in [3.05, 3.63) is 0 Å². The summed E-state index contributed by atoms with van der Waals surface area (Å²) in [7, 11) is 0. The molecule has 0 aromatic heterocycles. The first-order valence-corrected chi connectivity index (χ1v) is 6.32. The van der Waals surface area contributed by atoms with Crippen LogP contribution in [0.25, 0.3) is 0 Å². The van der Waals surface area contributed by atoms with E-state index in [0.717, 1.165) is 13.1 Å². The monoisotopic (exact) mass is 214 g/mol. The van der Waals surface area contributed by atoms with Gasteiger partial charge in [0.1, 0.15) is 0 Å². The van der Waals surface area contributed by atoms with Crippen LogP contribution >= 0.6 is 0 Å². The molecule has 3 heteroatoms. The Hall–Kier alpha value is -0.120. The molecule has 0 spiro atoms. The predicted octanol–water partition coefficient (Wildman–Crippen LogP) is 1.22. The van der Waals surface area contributed by atoms with E-state index in [1.165, 1.54) is 19.3 Å². The van der Waals surface area contributed by atoms with Crippen LogP contribution in [0.4, 0.5) is 0 Å². The van der Waals surface area contributed by atoms with Crippen LogP contribution in [0.15, 0.2) is 0 Å². The Balaban J connectivity index is 2.32. The average molecular weight is 214 g/mol. The van der Waals surface area contributed by atoms with Crippen LogP contribution in [0.3, 0.4) is 0 Å². The number of hydrogen-bond acceptors (Lipinski definition) is 3. The lowest BCUT2D eigenvalue weighted by atomic mass is 10.2. The van der Waals surface area contributed by atoms with Gasteiger partial charge in [-0.1, -0.05) is 13.8 Å². The lowest BCUT2D eigenvalue weighted by Gasteiger charge is -2.30. The lowest BCUT2D eigenvalue weighted by molar-refractivity contribution is 0.153. The van der Waals surface area contributed by atoms with Gasteiger partial charge >= 0.3 is 0 Å². The van der Waals surface area contributed by atoms with E-state index in [-0.39, 0.29) is 12.6 Å². The van der Waals surface area contributed by atoms with Gasteiger partial charge in [0.2, 0.25) is 0 Å². The van der Waals surface area contributed by atoms with E-state index in [4.69, 9.17) is 0 Å². The van der Waals surface area contributed by atoms with Gasteiger partial charge in [0, 0.05) is 24.7 Å². The number of rotatable bonds is 8. The van der Waals surface area contributed by atoms with E-state index in [9.17, 15) is 5.11 Å². The van der Waals surface area contributed by atoms with Gasteiger partial charge in [-0.2, -0.15) is 0 Å². The normalized spacial score (nSPS) is 20.6. The van der Waals surface area contributed by atoms with E-state index in [1.807, 2.05) is 0 Å². The molecule has 0 saturated heterocycles. The number of hydrogen-bond donors (Lipinski definition) is 2. The third-order valence-corrected chi connectivity index (χ3v) is 3.34. The zero-order valence-electron chi connectivity index (χ0n) is 10.4. The summed E-state index contributed by atoms with van der Waals surface area (Å²) >= 11 is 0. The van der Waals surface area contributed by atoms with Gasteiger partial charge in [0.25, 0.3) is 0 Å². The molecule has 2 atom stereocenters. The number of nitrogens with zero attached hydrogens (tertiary/aromatic N) is 1. The highest BCUT2D eigenvalue weighted by Crippen LogP contribution is 2.19. The average Bonchev–Trinajstić information content (AvgIpc) is 3.06. The molecule has 2 unspecified atom stereocenters. The molecule has 2 N–H and O–H groups in total. The van der Waals surface area contributed by atoms with Gasteiger partial charge in [-0.15, -0.1) is 0 Å². The van der Waals surface area contributed by atoms with E-state index in [2.05, 4.69) is 31.0 Å². The number of nitrogens with one attached hydrogen (secondary N) is 1.